The molecule has 116 valence electrons. The maximum atomic E-state index is 13.2. The molecule has 2 aromatic rings. The van der Waals surface area contributed by atoms with Crippen LogP contribution in [0.25, 0.3) is 0 Å². The summed E-state index contributed by atoms with van der Waals surface area (Å²) in [6.07, 6.45) is 1.74. The van der Waals surface area contributed by atoms with Gasteiger partial charge >= 0.3 is 0 Å². The lowest BCUT2D eigenvalue weighted by atomic mass is 9.86. The molecule has 1 amide bonds. The lowest BCUT2D eigenvalue weighted by Gasteiger charge is -2.28. The minimum Gasteiger partial charge on any atom is -0.271 e. The minimum atomic E-state index is -0.773. The van der Waals surface area contributed by atoms with Gasteiger partial charge in [0, 0.05) is 11.5 Å². The zero-order valence-electron chi connectivity index (χ0n) is 12.7. The predicted octanol–water partition coefficient (Wildman–Crippen LogP) is 4.57. The molecule has 0 saturated carbocycles. The quantitative estimate of drug-likeness (QED) is 0.770. The van der Waals surface area contributed by atoms with Gasteiger partial charge in [-0.3, -0.25) is 4.79 Å². The summed E-state index contributed by atoms with van der Waals surface area (Å²) in [7, 11) is 0. The lowest BCUT2D eigenvalue weighted by molar-refractivity contribution is -0.119. The van der Waals surface area contributed by atoms with Crippen LogP contribution in [0.4, 0.5) is 4.39 Å². The van der Waals surface area contributed by atoms with Crippen molar-refractivity contribution in [2.24, 2.45) is 4.99 Å². The summed E-state index contributed by atoms with van der Waals surface area (Å²) >= 11 is 1.44. The third kappa shape index (κ3) is 2.86. The number of carbonyl (C=O) groups excluding carboxylic acids is 1. The van der Waals surface area contributed by atoms with Crippen LogP contribution in [0.15, 0.2) is 72.2 Å². The number of amides is 1. The number of benzene rings is 2. The zero-order chi connectivity index (χ0) is 16.4. The van der Waals surface area contributed by atoms with Gasteiger partial charge in [0.1, 0.15) is 15.6 Å². The standard InChI is InChI=1S/C19H16FNOS/c1-3-16(13-9-11-15(20)12-10-13)19(2)18(22)21-17(23-19)14-7-5-4-6-8-14/h3-12,16H,1H2,2H3. The molecule has 1 aliphatic rings. The van der Waals surface area contributed by atoms with Crippen LogP contribution < -0.4 is 0 Å². The maximum Gasteiger partial charge on any atom is 0.264 e. The van der Waals surface area contributed by atoms with Gasteiger partial charge in [-0.25, -0.2) is 9.38 Å². The van der Waals surface area contributed by atoms with Crippen molar-refractivity contribution in [2.45, 2.75) is 17.6 Å². The van der Waals surface area contributed by atoms with Crippen molar-refractivity contribution < 1.29 is 9.18 Å². The first-order chi connectivity index (χ1) is 11.0. The normalized spacial score (nSPS) is 21.8. The van der Waals surface area contributed by atoms with Crippen molar-refractivity contribution in [3.63, 3.8) is 0 Å². The number of allylic oxidation sites excluding steroid dienone is 1. The third-order valence-electron chi connectivity index (χ3n) is 4.02. The summed E-state index contributed by atoms with van der Waals surface area (Å²) < 4.78 is 12.4. The number of carbonyl (C=O) groups is 1. The highest BCUT2D eigenvalue weighted by Gasteiger charge is 2.47. The largest absolute Gasteiger partial charge is 0.271 e. The van der Waals surface area contributed by atoms with E-state index in [0.717, 1.165) is 11.1 Å². The van der Waals surface area contributed by atoms with Crippen molar-refractivity contribution >= 4 is 22.7 Å². The zero-order valence-corrected chi connectivity index (χ0v) is 13.5. The van der Waals surface area contributed by atoms with Crippen LogP contribution in [0.1, 0.15) is 24.0 Å². The molecule has 0 aromatic heterocycles. The van der Waals surface area contributed by atoms with Gasteiger partial charge in [-0.05, 0) is 24.6 Å². The number of thioether (sulfide) groups is 1. The Hall–Kier alpha value is -2.20. The van der Waals surface area contributed by atoms with Crippen molar-refractivity contribution in [3.05, 3.63) is 84.2 Å². The average molecular weight is 325 g/mol. The second kappa shape index (κ2) is 6.13. The van der Waals surface area contributed by atoms with Gasteiger partial charge in [-0.2, -0.15) is 0 Å². The molecule has 0 radical (unpaired) electrons. The van der Waals surface area contributed by atoms with Gasteiger partial charge in [0.25, 0.3) is 5.91 Å². The van der Waals surface area contributed by atoms with E-state index in [9.17, 15) is 9.18 Å². The molecule has 2 atom stereocenters. The molecule has 0 fully saturated rings. The van der Waals surface area contributed by atoms with Crippen molar-refractivity contribution in [1.82, 2.24) is 0 Å². The van der Waals surface area contributed by atoms with Crippen LogP contribution in [-0.2, 0) is 4.79 Å². The number of nitrogens with zero attached hydrogens (tertiary/aromatic N) is 1. The Balaban J connectivity index is 1.94. The van der Waals surface area contributed by atoms with Crippen molar-refractivity contribution in [1.29, 1.82) is 0 Å². The van der Waals surface area contributed by atoms with Gasteiger partial charge in [0.15, 0.2) is 0 Å². The molecule has 23 heavy (non-hydrogen) atoms. The second-order valence-electron chi connectivity index (χ2n) is 5.56. The molecule has 0 saturated heterocycles. The summed E-state index contributed by atoms with van der Waals surface area (Å²) in [5, 5.41) is 0.715. The summed E-state index contributed by atoms with van der Waals surface area (Å²) in [6.45, 7) is 5.74. The predicted molar refractivity (Wildman–Crippen MR) is 93.3 cm³/mol. The first-order valence-electron chi connectivity index (χ1n) is 7.30. The highest BCUT2D eigenvalue weighted by molar-refractivity contribution is 8.16. The molecule has 0 spiro atoms. The van der Waals surface area contributed by atoms with E-state index in [2.05, 4.69) is 11.6 Å². The van der Waals surface area contributed by atoms with E-state index in [1.165, 1.54) is 23.9 Å². The molecule has 3 rings (SSSR count). The van der Waals surface area contributed by atoms with Gasteiger partial charge in [-0.1, -0.05) is 60.3 Å². The van der Waals surface area contributed by atoms with Crippen LogP contribution in [-0.4, -0.2) is 15.7 Å². The first kappa shape index (κ1) is 15.7. The van der Waals surface area contributed by atoms with Gasteiger partial charge < -0.3 is 0 Å². The van der Waals surface area contributed by atoms with E-state index in [4.69, 9.17) is 0 Å². The summed E-state index contributed by atoms with van der Waals surface area (Å²) in [5.74, 6) is -0.727. The average Bonchev–Trinajstić information content (AvgIpc) is 2.87. The summed E-state index contributed by atoms with van der Waals surface area (Å²) in [4.78, 5) is 16.8. The molecule has 2 unspecified atom stereocenters. The number of hydrogen-bond donors (Lipinski definition) is 0. The fourth-order valence-electron chi connectivity index (χ4n) is 2.72. The molecular weight excluding hydrogens is 309 g/mol. The number of aliphatic imine (C=N–C) groups is 1. The Labute approximate surface area is 139 Å². The van der Waals surface area contributed by atoms with E-state index in [0.29, 0.717) is 5.04 Å². The van der Waals surface area contributed by atoms with E-state index in [1.807, 2.05) is 37.3 Å². The smallest absolute Gasteiger partial charge is 0.264 e. The third-order valence-corrected chi connectivity index (χ3v) is 5.39. The molecular formula is C19H16FNOS. The molecule has 0 aliphatic carbocycles. The molecule has 1 aliphatic heterocycles. The highest BCUT2D eigenvalue weighted by atomic mass is 32.2. The topological polar surface area (TPSA) is 29.4 Å². The minimum absolute atomic E-state index is 0.185. The molecule has 1 heterocycles. The van der Waals surface area contributed by atoms with Crippen LogP contribution >= 0.6 is 11.8 Å². The Kier molecular flexibility index (Phi) is 4.18. The fraction of sp³-hybridized carbons (Fsp3) is 0.158. The van der Waals surface area contributed by atoms with Crippen LogP contribution in [0.3, 0.4) is 0 Å². The van der Waals surface area contributed by atoms with Crippen molar-refractivity contribution in [3.8, 4) is 0 Å². The number of rotatable bonds is 4. The number of halogens is 1. The van der Waals surface area contributed by atoms with Crippen LogP contribution in [0.5, 0.6) is 0 Å². The Morgan fingerprint density at radius 3 is 2.43 bits per heavy atom. The summed E-state index contributed by atoms with van der Waals surface area (Å²) in [5.41, 5.74) is 1.78. The molecule has 2 aromatic carbocycles. The SMILES string of the molecule is C=CC(c1ccc(F)cc1)C1(C)SC(c2ccccc2)=NC1=O. The summed E-state index contributed by atoms with van der Waals surface area (Å²) in [6, 6.07) is 15.8. The number of hydrogen-bond acceptors (Lipinski definition) is 2. The molecule has 2 nitrogen and oxygen atoms in total. The second-order valence-corrected chi connectivity index (χ2v) is 7.00. The fourth-order valence-corrected chi connectivity index (χ4v) is 4.00. The molecule has 0 N–H and O–H groups in total. The Morgan fingerprint density at radius 1 is 1.17 bits per heavy atom. The van der Waals surface area contributed by atoms with E-state index < -0.39 is 4.75 Å². The van der Waals surface area contributed by atoms with Crippen LogP contribution in [0, 0.1) is 5.82 Å². The van der Waals surface area contributed by atoms with E-state index >= 15 is 0 Å². The van der Waals surface area contributed by atoms with Gasteiger partial charge in [-0.15, -0.1) is 6.58 Å². The Bertz CT molecular complexity index is 770. The van der Waals surface area contributed by atoms with E-state index in [1.54, 1.807) is 18.2 Å². The highest BCUT2D eigenvalue weighted by Crippen LogP contribution is 2.46. The molecule has 4 heteroatoms. The first-order valence-corrected chi connectivity index (χ1v) is 8.12. The maximum absolute atomic E-state index is 13.2. The van der Waals surface area contributed by atoms with Crippen LogP contribution in [0.2, 0.25) is 0 Å². The monoisotopic (exact) mass is 325 g/mol. The van der Waals surface area contributed by atoms with Gasteiger partial charge in [0.05, 0.1) is 0 Å². The van der Waals surface area contributed by atoms with Crippen molar-refractivity contribution in [2.75, 3.05) is 0 Å². The van der Waals surface area contributed by atoms with E-state index in [-0.39, 0.29) is 17.6 Å². The molecule has 0 bridgehead atoms. The van der Waals surface area contributed by atoms with Gasteiger partial charge in [0.2, 0.25) is 0 Å². The Morgan fingerprint density at radius 2 is 1.83 bits per heavy atom. The lowest BCUT2D eigenvalue weighted by Crippen LogP contribution is -2.34.